The molecule has 1 aliphatic heterocycles. The molecule has 0 bridgehead atoms. The van der Waals surface area contributed by atoms with Crippen LogP contribution in [0.4, 0.5) is 5.69 Å². The molecule has 1 aromatic rings. The second kappa shape index (κ2) is 6.26. The maximum atomic E-state index is 12.6. The van der Waals surface area contributed by atoms with Crippen molar-refractivity contribution in [2.75, 3.05) is 11.4 Å². The number of hydrogen-bond donors (Lipinski definition) is 1. The lowest BCUT2D eigenvalue weighted by Gasteiger charge is -2.35. The van der Waals surface area contributed by atoms with Crippen LogP contribution in [-0.4, -0.2) is 24.4 Å². The van der Waals surface area contributed by atoms with Crippen molar-refractivity contribution in [2.24, 2.45) is 5.92 Å². The van der Waals surface area contributed by atoms with E-state index in [0.717, 1.165) is 21.1 Å². The molecule has 1 heterocycles. The van der Waals surface area contributed by atoms with Crippen molar-refractivity contribution in [1.82, 2.24) is 5.32 Å². The van der Waals surface area contributed by atoms with Gasteiger partial charge in [-0.3, -0.25) is 9.59 Å². The second-order valence-corrected chi connectivity index (χ2v) is 6.72. The molecule has 1 aliphatic rings. The Hall–Kier alpha value is -0.880. The zero-order valence-corrected chi connectivity index (χ0v) is 14.5. The molecule has 0 spiro atoms. The van der Waals surface area contributed by atoms with Crippen molar-refractivity contribution < 1.29 is 9.59 Å². The smallest absolute Gasteiger partial charge is 0.250 e. The molecule has 2 atom stereocenters. The summed E-state index contributed by atoms with van der Waals surface area (Å²) in [4.78, 5) is 26.0. The van der Waals surface area contributed by atoms with Crippen molar-refractivity contribution in [3.8, 4) is 0 Å². The van der Waals surface area contributed by atoms with Gasteiger partial charge < -0.3 is 10.2 Å². The molecular weight excluding hydrogens is 388 g/mol. The molecule has 4 nitrogen and oxygen atoms in total. The first-order valence-electron chi connectivity index (χ1n) is 6.49. The third-order valence-electron chi connectivity index (χ3n) is 3.56. The molecule has 0 radical (unpaired) electrons. The first-order valence-corrected chi connectivity index (χ1v) is 8.08. The fourth-order valence-electron chi connectivity index (χ4n) is 2.20. The molecule has 1 saturated heterocycles. The van der Waals surface area contributed by atoms with Gasteiger partial charge in [0.2, 0.25) is 11.8 Å². The Bertz CT molecular complexity index is 548. The molecule has 6 heteroatoms. The summed E-state index contributed by atoms with van der Waals surface area (Å²) in [6.07, 6.45) is 0.839. The zero-order valence-electron chi connectivity index (χ0n) is 11.3. The Morgan fingerprint density at radius 2 is 2.10 bits per heavy atom. The maximum Gasteiger partial charge on any atom is 0.250 e. The van der Waals surface area contributed by atoms with Crippen LogP contribution in [0.25, 0.3) is 0 Å². The van der Waals surface area contributed by atoms with Gasteiger partial charge in [0.1, 0.15) is 12.6 Å². The Morgan fingerprint density at radius 3 is 2.70 bits per heavy atom. The minimum absolute atomic E-state index is 0.0537. The van der Waals surface area contributed by atoms with Gasteiger partial charge >= 0.3 is 0 Å². The summed E-state index contributed by atoms with van der Waals surface area (Å²) in [6.45, 7) is 4.05. The number of hydrogen-bond acceptors (Lipinski definition) is 2. The number of carbonyl (C=O) groups excluding carboxylic acids is 2. The summed E-state index contributed by atoms with van der Waals surface area (Å²) in [5.41, 5.74) is 0.723. The van der Waals surface area contributed by atoms with E-state index in [-0.39, 0.29) is 24.3 Å². The predicted octanol–water partition coefficient (Wildman–Crippen LogP) is 3.09. The van der Waals surface area contributed by atoms with E-state index >= 15 is 0 Å². The van der Waals surface area contributed by atoms with E-state index in [0.29, 0.717) is 0 Å². The summed E-state index contributed by atoms with van der Waals surface area (Å²) in [5, 5.41) is 2.79. The molecule has 1 aromatic carbocycles. The van der Waals surface area contributed by atoms with Gasteiger partial charge in [-0.25, -0.2) is 0 Å². The molecule has 2 amide bonds. The van der Waals surface area contributed by atoms with Crippen molar-refractivity contribution in [2.45, 2.75) is 26.3 Å². The Kier molecular flexibility index (Phi) is 4.86. The van der Waals surface area contributed by atoms with E-state index < -0.39 is 6.04 Å². The van der Waals surface area contributed by atoms with Crippen LogP contribution in [0.15, 0.2) is 27.1 Å². The first kappa shape index (κ1) is 15.5. The lowest BCUT2D eigenvalue weighted by Crippen LogP contribution is -2.60. The average Bonchev–Trinajstić information content (AvgIpc) is 2.40. The van der Waals surface area contributed by atoms with E-state index in [1.54, 1.807) is 4.90 Å². The predicted molar refractivity (Wildman–Crippen MR) is 85.6 cm³/mol. The molecular formula is C14H16Br2N2O2. The lowest BCUT2D eigenvalue weighted by molar-refractivity contribution is -0.132. The fraction of sp³-hybridized carbons (Fsp3) is 0.429. The van der Waals surface area contributed by atoms with Gasteiger partial charge in [0.15, 0.2) is 0 Å². The maximum absolute atomic E-state index is 12.6. The molecule has 2 unspecified atom stereocenters. The zero-order chi connectivity index (χ0) is 14.9. The Morgan fingerprint density at radius 1 is 1.40 bits per heavy atom. The van der Waals surface area contributed by atoms with Crippen LogP contribution in [0, 0.1) is 5.92 Å². The van der Waals surface area contributed by atoms with Crippen LogP contribution in [-0.2, 0) is 9.59 Å². The van der Waals surface area contributed by atoms with E-state index in [1.807, 2.05) is 32.0 Å². The standard InChI is InChI=1S/C14H16Br2N2O2/c1-3-8(2)13-14(20)18(7-12(19)17-13)11-5-4-9(15)6-10(11)16/h4-6,8,13H,3,7H2,1-2H3,(H,17,19). The third-order valence-corrected chi connectivity index (χ3v) is 4.69. The van der Waals surface area contributed by atoms with E-state index in [1.165, 1.54) is 0 Å². The normalized spacial score (nSPS) is 20.8. The number of nitrogens with zero attached hydrogens (tertiary/aromatic N) is 1. The Balaban J connectivity index is 2.35. The number of rotatable bonds is 3. The van der Waals surface area contributed by atoms with E-state index in [4.69, 9.17) is 0 Å². The molecule has 2 rings (SSSR count). The number of anilines is 1. The number of halogens is 2. The van der Waals surface area contributed by atoms with Gasteiger partial charge in [0.05, 0.1) is 5.69 Å². The third kappa shape index (κ3) is 3.06. The highest BCUT2D eigenvalue weighted by Gasteiger charge is 2.36. The summed E-state index contributed by atoms with van der Waals surface area (Å²) >= 11 is 6.83. The van der Waals surface area contributed by atoms with Gasteiger partial charge in [-0.1, -0.05) is 36.2 Å². The van der Waals surface area contributed by atoms with Crippen molar-refractivity contribution in [1.29, 1.82) is 0 Å². The number of benzene rings is 1. The van der Waals surface area contributed by atoms with Crippen molar-refractivity contribution in [3.63, 3.8) is 0 Å². The van der Waals surface area contributed by atoms with Crippen LogP contribution in [0.5, 0.6) is 0 Å². The van der Waals surface area contributed by atoms with Gasteiger partial charge in [-0.15, -0.1) is 0 Å². The number of nitrogens with one attached hydrogen (secondary N) is 1. The SMILES string of the molecule is CCC(C)C1NC(=O)CN(c2ccc(Br)cc2Br)C1=O. The minimum Gasteiger partial charge on any atom is -0.342 e. The topological polar surface area (TPSA) is 49.4 Å². The van der Waals surface area contributed by atoms with Crippen LogP contribution >= 0.6 is 31.9 Å². The number of carbonyl (C=O) groups is 2. The van der Waals surface area contributed by atoms with E-state index in [9.17, 15) is 9.59 Å². The number of amides is 2. The minimum atomic E-state index is -0.447. The van der Waals surface area contributed by atoms with Crippen LogP contribution in [0.1, 0.15) is 20.3 Å². The highest BCUT2D eigenvalue weighted by Crippen LogP contribution is 2.31. The second-order valence-electron chi connectivity index (χ2n) is 4.95. The van der Waals surface area contributed by atoms with Gasteiger partial charge in [0.25, 0.3) is 0 Å². The van der Waals surface area contributed by atoms with Crippen LogP contribution < -0.4 is 10.2 Å². The van der Waals surface area contributed by atoms with Crippen molar-refractivity contribution in [3.05, 3.63) is 27.1 Å². The molecule has 108 valence electrons. The van der Waals surface area contributed by atoms with Crippen molar-refractivity contribution >= 4 is 49.4 Å². The van der Waals surface area contributed by atoms with Crippen LogP contribution in [0.3, 0.4) is 0 Å². The Labute approximate surface area is 135 Å². The monoisotopic (exact) mass is 402 g/mol. The summed E-state index contributed by atoms with van der Waals surface area (Å²) in [5.74, 6) is -0.0600. The molecule has 1 fully saturated rings. The summed E-state index contributed by atoms with van der Waals surface area (Å²) in [7, 11) is 0. The molecule has 0 aromatic heterocycles. The van der Waals surface area contributed by atoms with Gasteiger partial charge in [-0.05, 0) is 40.0 Å². The molecule has 1 N–H and O–H groups in total. The largest absolute Gasteiger partial charge is 0.342 e. The molecule has 20 heavy (non-hydrogen) atoms. The summed E-state index contributed by atoms with van der Waals surface area (Å²) in [6, 6.07) is 5.11. The molecule has 0 saturated carbocycles. The fourth-order valence-corrected chi connectivity index (χ4v) is 3.46. The number of piperazine rings is 1. The quantitative estimate of drug-likeness (QED) is 0.842. The average molecular weight is 404 g/mol. The van der Waals surface area contributed by atoms with Gasteiger partial charge in [-0.2, -0.15) is 0 Å². The summed E-state index contributed by atoms with van der Waals surface area (Å²) < 4.78 is 1.71. The first-order chi connectivity index (χ1) is 9.43. The van der Waals surface area contributed by atoms with Crippen LogP contribution in [0.2, 0.25) is 0 Å². The van der Waals surface area contributed by atoms with Gasteiger partial charge in [0, 0.05) is 8.95 Å². The molecule has 0 aliphatic carbocycles. The van der Waals surface area contributed by atoms with E-state index in [2.05, 4.69) is 37.2 Å². The highest BCUT2D eigenvalue weighted by atomic mass is 79.9. The highest BCUT2D eigenvalue weighted by molar-refractivity contribution is 9.11. The lowest BCUT2D eigenvalue weighted by atomic mass is 9.96.